The number of nitrogens with zero attached hydrogens (tertiary/aromatic N) is 5. The normalized spacial score (nSPS) is 11.4. The van der Waals surface area contributed by atoms with Gasteiger partial charge in [0.05, 0.1) is 38.6 Å². The van der Waals surface area contributed by atoms with Gasteiger partial charge in [0.15, 0.2) is 11.6 Å². The monoisotopic (exact) mass is 661 g/mol. The standard InChI is InChI=1S/C31H25BrClN5O5/c1-17(2)22-14-23(18(3)11-27(22)42-4)30-36-26-8-6-5-7-21(26)31(39)37(30)35-15-19-12-24(32)29(25(33)13-19)43-28-10-9-20(16-34-28)38(40)41/h5-17H,1-4H3. The third-order valence-corrected chi connectivity index (χ3v) is 7.54. The van der Waals surface area contributed by atoms with Crippen LogP contribution in [0.2, 0.25) is 5.02 Å². The third-order valence-electron chi connectivity index (χ3n) is 6.67. The molecular formula is C31H25BrClN5O5. The van der Waals surface area contributed by atoms with Gasteiger partial charge in [-0.1, -0.05) is 37.6 Å². The van der Waals surface area contributed by atoms with Gasteiger partial charge in [-0.25, -0.2) is 9.97 Å². The second-order valence-corrected chi connectivity index (χ2v) is 11.2. The van der Waals surface area contributed by atoms with Crippen molar-refractivity contribution in [2.45, 2.75) is 26.7 Å². The summed E-state index contributed by atoms with van der Waals surface area (Å²) in [5.74, 6) is 1.71. The lowest BCUT2D eigenvalue weighted by Gasteiger charge is -2.17. The van der Waals surface area contributed by atoms with Crippen LogP contribution < -0.4 is 15.0 Å². The molecule has 43 heavy (non-hydrogen) atoms. The number of hydrogen-bond acceptors (Lipinski definition) is 8. The van der Waals surface area contributed by atoms with Crippen molar-refractivity contribution < 1.29 is 14.4 Å². The maximum absolute atomic E-state index is 13.7. The number of hydrogen-bond donors (Lipinski definition) is 0. The van der Waals surface area contributed by atoms with E-state index in [0.29, 0.717) is 26.8 Å². The highest BCUT2D eigenvalue weighted by molar-refractivity contribution is 9.10. The second-order valence-electron chi connectivity index (χ2n) is 9.91. The van der Waals surface area contributed by atoms with E-state index in [4.69, 9.17) is 26.1 Å². The van der Waals surface area contributed by atoms with E-state index < -0.39 is 4.92 Å². The van der Waals surface area contributed by atoms with Crippen molar-refractivity contribution >= 4 is 50.3 Å². The van der Waals surface area contributed by atoms with E-state index in [-0.39, 0.29) is 33.8 Å². The van der Waals surface area contributed by atoms with E-state index in [0.717, 1.165) is 28.6 Å². The van der Waals surface area contributed by atoms with E-state index >= 15 is 0 Å². The Morgan fingerprint density at radius 1 is 1.14 bits per heavy atom. The van der Waals surface area contributed by atoms with Crippen LogP contribution in [0, 0.1) is 17.0 Å². The summed E-state index contributed by atoms with van der Waals surface area (Å²) in [6.45, 7) is 6.08. The Labute approximate surface area is 259 Å². The van der Waals surface area contributed by atoms with Crippen LogP contribution in [0.4, 0.5) is 5.69 Å². The van der Waals surface area contributed by atoms with Gasteiger partial charge in [0.2, 0.25) is 5.88 Å². The lowest BCUT2D eigenvalue weighted by atomic mass is 9.96. The van der Waals surface area contributed by atoms with Gasteiger partial charge in [-0.05, 0) is 81.9 Å². The van der Waals surface area contributed by atoms with Crippen molar-refractivity contribution in [2.75, 3.05) is 7.11 Å². The van der Waals surface area contributed by atoms with Crippen molar-refractivity contribution in [2.24, 2.45) is 5.10 Å². The molecule has 0 unspecified atom stereocenters. The molecule has 0 fully saturated rings. The Morgan fingerprint density at radius 2 is 1.91 bits per heavy atom. The summed E-state index contributed by atoms with van der Waals surface area (Å²) in [6, 6.07) is 17.1. The number of rotatable bonds is 8. The highest BCUT2D eigenvalue weighted by Gasteiger charge is 2.19. The van der Waals surface area contributed by atoms with Crippen molar-refractivity contribution in [1.29, 1.82) is 0 Å². The molecule has 0 bridgehead atoms. The minimum atomic E-state index is -0.547. The summed E-state index contributed by atoms with van der Waals surface area (Å²) in [4.78, 5) is 32.9. The molecule has 10 nitrogen and oxygen atoms in total. The minimum Gasteiger partial charge on any atom is -0.496 e. The fourth-order valence-corrected chi connectivity index (χ4v) is 5.43. The van der Waals surface area contributed by atoms with E-state index in [1.54, 1.807) is 37.4 Å². The first-order valence-corrected chi connectivity index (χ1v) is 14.3. The Bertz CT molecular complexity index is 1930. The quantitative estimate of drug-likeness (QED) is 0.0941. The molecule has 0 aliphatic heterocycles. The molecule has 0 saturated carbocycles. The summed E-state index contributed by atoms with van der Waals surface area (Å²) in [5, 5.41) is 16.1. The maximum atomic E-state index is 13.7. The number of aromatic nitrogens is 3. The Hall–Kier alpha value is -4.61. The van der Waals surface area contributed by atoms with Gasteiger partial charge in [-0.3, -0.25) is 14.9 Å². The van der Waals surface area contributed by atoms with Crippen molar-refractivity contribution in [3.05, 3.63) is 114 Å². The van der Waals surface area contributed by atoms with Crippen LogP contribution in [0.1, 0.15) is 36.5 Å². The summed E-state index contributed by atoms with van der Waals surface area (Å²) in [7, 11) is 1.64. The van der Waals surface area contributed by atoms with Crippen LogP contribution in [0.5, 0.6) is 17.4 Å². The number of benzene rings is 3. The predicted molar refractivity (Wildman–Crippen MR) is 170 cm³/mol. The number of para-hydroxylation sites is 1. The van der Waals surface area contributed by atoms with Crippen LogP contribution in [-0.4, -0.2) is 32.9 Å². The molecule has 0 N–H and O–H groups in total. The largest absolute Gasteiger partial charge is 0.496 e. The van der Waals surface area contributed by atoms with Gasteiger partial charge in [-0.2, -0.15) is 9.78 Å². The molecule has 0 amide bonds. The number of ether oxygens (including phenoxy) is 2. The zero-order chi connectivity index (χ0) is 30.8. The molecule has 0 spiro atoms. The molecule has 0 saturated heterocycles. The summed E-state index contributed by atoms with van der Waals surface area (Å²) in [6.07, 6.45) is 2.61. The first-order valence-electron chi connectivity index (χ1n) is 13.1. The van der Waals surface area contributed by atoms with Crippen LogP contribution in [0.3, 0.4) is 0 Å². The molecule has 0 radical (unpaired) electrons. The van der Waals surface area contributed by atoms with Crippen LogP contribution in [-0.2, 0) is 0 Å². The first-order chi connectivity index (χ1) is 20.6. The molecule has 218 valence electrons. The predicted octanol–water partition coefficient (Wildman–Crippen LogP) is 7.90. The molecule has 0 aliphatic carbocycles. The number of halogens is 2. The molecular weight excluding hydrogens is 638 g/mol. The van der Waals surface area contributed by atoms with Crippen molar-refractivity contribution in [1.82, 2.24) is 14.6 Å². The molecule has 2 aromatic heterocycles. The Balaban J connectivity index is 1.58. The van der Waals surface area contributed by atoms with Gasteiger partial charge in [0, 0.05) is 17.7 Å². The Kier molecular flexibility index (Phi) is 8.56. The number of methoxy groups -OCH3 is 1. The van der Waals surface area contributed by atoms with Crippen LogP contribution in [0.25, 0.3) is 22.3 Å². The smallest absolute Gasteiger partial charge is 0.287 e. The van der Waals surface area contributed by atoms with Gasteiger partial charge in [0.25, 0.3) is 11.2 Å². The van der Waals surface area contributed by atoms with E-state index in [2.05, 4.69) is 39.9 Å². The summed E-state index contributed by atoms with van der Waals surface area (Å²) < 4.78 is 13.2. The van der Waals surface area contributed by atoms with Gasteiger partial charge in [-0.15, -0.1) is 0 Å². The molecule has 5 aromatic rings. The molecule has 3 aromatic carbocycles. The topological polar surface area (TPSA) is 122 Å². The number of fused-ring (bicyclic) bond motifs is 1. The highest BCUT2D eigenvalue weighted by atomic mass is 79.9. The first kappa shape index (κ1) is 29.9. The highest BCUT2D eigenvalue weighted by Crippen LogP contribution is 2.37. The van der Waals surface area contributed by atoms with Crippen LogP contribution >= 0.6 is 27.5 Å². The van der Waals surface area contributed by atoms with E-state index in [1.807, 2.05) is 25.1 Å². The minimum absolute atomic E-state index is 0.128. The fraction of sp³-hybridized carbons (Fsp3) is 0.161. The molecule has 0 atom stereocenters. The molecule has 12 heteroatoms. The Morgan fingerprint density at radius 3 is 2.56 bits per heavy atom. The number of aryl methyl sites for hydroxylation is 1. The van der Waals surface area contributed by atoms with Gasteiger partial charge < -0.3 is 9.47 Å². The van der Waals surface area contributed by atoms with E-state index in [9.17, 15) is 14.9 Å². The average molecular weight is 663 g/mol. The lowest BCUT2D eigenvalue weighted by molar-refractivity contribution is -0.385. The van der Waals surface area contributed by atoms with Crippen molar-refractivity contribution in [3.63, 3.8) is 0 Å². The SMILES string of the molecule is COc1cc(C)c(-c2nc3ccccc3c(=O)n2N=Cc2cc(Cl)c(Oc3ccc([N+](=O)[O-])cn3)c(Br)c2)cc1C(C)C. The van der Waals surface area contributed by atoms with Gasteiger partial charge in [0.1, 0.15) is 11.9 Å². The second kappa shape index (κ2) is 12.3. The number of pyridine rings is 1. The number of nitro groups is 1. The van der Waals surface area contributed by atoms with Crippen LogP contribution in [0.15, 0.2) is 81.2 Å². The molecule has 5 rings (SSSR count). The summed E-state index contributed by atoms with van der Waals surface area (Å²) >= 11 is 10.00. The molecule has 2 heterocycles. The molecule has 0 aliphatic rings. The lowest BCUT2D eigenvalue weighted by Crippen LogP contribution is -2.20. The van der Waals surface area contributed by atoms with Crippen molar-refractivity contribution in [3.8, 4) is 28.8 Å². The summed E-state index contributed by atoms with van der Waals surface area (Å²) in [5.41, 5.74) is 3.25. The third kappa shape index (κ3) is 6.13. The average Bonchev–Trinajstić information content (AvgIpc) is 2.98. The maximum Gasteiger partial charge on any atom is 0.287 e. The fourth-order valence-electron chi connectivity index (χ4n) is 4.49. The van der Waals surface area contributed by atoms with Gasteiger partial charge >= 0.3 is 0 Å². The van der Waals surface area contributed by atoms with E-state index in [1.165, 1.54) is 23.0 Å². The zero-order valence-corrected chi connectivity index (χ0v) is 25.9. The zero-order valence-electron chi connectivity index (χ0n) is 23.5.